The summed E-state index contributed by atoms with van der Waals surface area (Å²) in [6.07, 6.45) is 2.42. The normalized spacial score (nSPS) is 16.6. The molecule has 0 fully saturated rings. The zero-order chi connectivity index (χ0) is 10.4. The predicted molar refractivity (Wildman–Crippen MR) is 59.2 cm³/mol. The van der Waals surface area contributed by atoms with Crippen LogP contribution in [0.4, 0.5) is 0 Å². The molecule has 0 amide bonds. The Balaban J connectivity index is 4.29. The van der Waals surface area contributed by atoms with E-state index in [2.05, 4.69) is 40.0 Å². The number of rotatable bonds is 6. The van der Waals surface area contributed by atoms with E-state index in [-0.39, 0.29) is 0 Å². The van der Waals surface area contributed by atoms with Crippen molar-refractivity contribution in [3.05, 3.63) is 0 Å². The summed E-state index contributed by atoms with van der Waals surface area (Å²) in [6, 6.07) is 0.468. The van der Waals surface area contributed by atoms with Crippen LogP contribution in [-0.2, 0) is 0 Å². The van der Waals surface area contributed by atoms with Crippen LogP contribution in [0.15, 0.2) is 0 Å². The van der Waals surface area contributed by atoms with Gasteiger partial charge in [-0.25, -0.2) is 0 Å². The monoisotopic (exact) mass is 186 g/mol. The van der Waals surface area contributed by atoms with Gasteiger partial charge in [0.15, 0.2) is 0 Å². The molecule has 0 aromatic carbocycles. The third-order valence-corrected chi connectivity index (χ3v) is 3.37. The third kappa shape index (κ3) is 3.65. The van der Waals surface area contributed by atoms with Crippen molar-refractivity contribution in [2.24, 2.45) is 23.6 Å². The molecule has 0 aromatic heterocycles. The second-order valence-electron chi connectivity index (χ2n) is 4.37. The Morgan fingerprint density at radius 2 is 1.54 bits per heavy atom. The summed E-state index contributed by atoms with van der Waals surface area (Å²) >= 11 is 0. The lowest BCUT2D eigenvalue weighted by molar-refractivity contribution is 0.215. The van der Waals surface area contributed by atoms with E-state index in [1.54, 1.807) is 0 Å². The van der Waals surface area contributed by atoms with Gasteiger partial charge < -0.3 is 0 Å². The smallest absolute Gasteiger partial charge is 0.0266 e. The summed E-state index contributed by atoms with van der Waals surface area (Å²) in [5, 5.41) is 0. The molecule has 80 valence electrons. The number of nitrogens with one attached hydrogen (secondary N) is 1. The van der Waals surface area contributed by atoms with Crippen LogP contribution < -0.4 is 11.3 Å². The summed E-state index contributed by atoms with van der Waals surface area (Å²) in [5.74, 6) is 7.67. The van der Waals surface area contributed by atoms with Crippen molar-refractivity contribution in [2.75, 3.05) is 0 Å². The Morgan fingerprint density at radius 1 is 1.08 bits per heavy atom. The minimum atomic E-state index is 0.468. The van der Waals surface area contributed by atoms with Gasteiger partial charge in [-0.3, -0.25) is 11.3 Å². The van der Waals surface area contributed by atoms with E-state index in [1.807, 2.05) is 0 Å². The van der Waals surface area contributed by atoms with Crippen LogP contribution in [0.2, 0.25) is 0 Å². The summed E-state index contributed by atoms with van der Waals surface area (Å²) < 4.78 is 0. The molecule has 0 aromatic rings. The highest BCUT2D eigenvalue weighted by molar-refractivity contribution is 4.79. The number of hydrazine groups is 1. The first-order valence-electron chi connectivity index (χ1n) is 5.54. The van der Waals surface area contributed by atoms with Gasteiger partial charge in [0.1, 0.15) is 0 Å². The van der Waals surface area contributed by atoms with Crippen LogP contribution in [-0.4, -0.2) is 6.04 Å². The summed E-state index contributed by atoms with van der Waals surface area (Å²) in [6.45, 7) is 11.3. The molecule has 0 aliphatic heterocycles. The Hall–Kier alpha value is -0.0800. The molecule has 13 heavy (non-hydrogen) atoms. The van der Waals surface area contributed by atoms with Gasteiger partial charge in [0.2, 0.25) is 0 Å². The molecule has 0 saturated heterocycles. The van der Waals surface area contributed by atoms with E-state index in [0.717, 1.165) is 0 Å². The quantitative estimate of drug-likeness (QED) is 0.494. The van der Waals surface area contributed by atoms with E-state index in [1.165, 1.54) is 12.8 Å². The van der Waals surface area contributed by atoms with Gasteiger partial charge in [0.05, 0.1) is 0 Å². The zero-order valence-electron chi connectivity index (χ0n) is 9.80. The Bertz CT molecular complexity index is 117. The highest BCUT2D eigenvalue weighted by Gasteiger charge is 2.25. The number of hydrogen-bond acceptors (Lipinski definition) is 2. The minimum absolute atomic E-state index is 0.468. The van der Waals surface area contributed by atoms with Crippen molar-refractivity contribution in [1.29, 1.82) is 0 Å². The molecule has 2 nitrogen and oxygen atoms in total. The van der Waals surface area contributed by atoms with E-state index in [9.17, 15) is 0 Å². The number of hydrogen-bond donors (Lipinski definition) is 2. The third-order valence-electron chi connectivity index (χ3n) is 3.37. The molecule has 0 spiro atoms. The lowest BCUT2D eigenvalue weighted by Crippen LogP contribution is -2.46. The molecular weight excluding hydrogens is 160 g/mol. The van der Waals surface area contributed by atoms with E-state index in [4.69, 9.17) is 5.84 Å². The molecule has 2 unspecified atom stereocenters. The SMILES string of the molecule is CCC(CC)C(NN)C(C)C(C)C. The first-order valence-corrected chi connectivity index (χ1v) is 5.54. The van der Waals surface area contributed by atoms with Crippen LogP contribution in [0.1, 0.15) is 47.5 Å². The predicted octanol–water partition coefficient (Wildman–Crippen LogP) is 2.55. The first kappa shape index (κ1) is 12.9. The molecule has 2 heteroatoms. The average Bonchev–Trinajstić information content (AvgIpc) is 2.12. The molecule has 0 saturated carbocycles. The topological polar surface area (TPSA) is 38.0 Å². The van der Waals surface area contributed by atoms with Gasteiger partial charge in [0, 0.05) is 6.04 Å². The molecule has 0 rings (SSSR count). The maximum Gasteiger partial charge on any atom is 0.0266 e. The van der Waals surface area contributed by atoms with Gasteiger partial charge in [-0.05, 0) is 17.8 Å². The van der Waals surface area contributed by atoms with Gasteiger partial charge >= 0.3 is 0 Å². The van der Waals surface area contributed by atoms with Crippen molar-refractivity contribution in [1.82, 2.24) is 5.43 Å². The maximum atomic E-state index is 5.61. The fourth-order valence-electron chi connectivity index (χ4n) is 1.93. The van der Waals surface area contributed by atoms with Crippen LogP contribution in [0.3, 0.4) is 0 Å². The van der Waals surface area contributed by atoms with Crippen molar-refractivity contribution < 1.29 is 0 Å². The fourth-order valence-corrected chi connectivity index (χ4v) is 1.93. The second kappa shape index (κ2) is 6.39. The average molecular weight is 186 g/mol. The highest BCUT2D eigenvalue weighted by atomic mass is 15.2. The molecule has 0 heterocycles. The molecular formula is C11H26N2. The largest absolute Gasteiger partial charge is 0.271 e. The molecule has 0 radical (unpaired) electrons. The van der Waals surface area contributed by atoms with Crippen LogP contribution in [0, 0.1) is 17.8 Å². The molecule has 0 aliphatic rings. The van der Waals surface area contributed by atoms with E-state index < -0.39 is 0 Å². The maximum absolute atomic E-state index is 5.61. The van der Waals surface area contributed by atoms with Crippen molar-refractivity contribution >= 4 is 0 Å². The van der Waals surface area contributed by atoms with Crippen LogP contribution >= 0.6 is 0 Å². The lowest BCUT2D eigenvalue weighted by atomic mass is 9.81. The minimum Gasteiger partial charge on any atom is -0.271 e. The lowest BCUT2D eigenvalue weighted by Gasteiger charge is -2.32. The van der Waals surface area contributed by atoms with Crippen molar-refractivity contribution in [2.45, 2.75) is 53.5 Å². The standard InChI is InChI=1S/C11H26N2/c1-6-10(7-2)11(13-12)9(5)8(3)4/h8-11,13H,6-7,12H2,1-5H3. The Labute approximate surface area is 83.2 Å². The zero-order valence-corrected chi connectivity index (χ0v) is 9.80. The van der Waals surface area contributed by atoms with Crippen molar-refractivity contribution in [3.63, 3.8) is 0 Å². The Kier molecular flexibility index (Phi) is 6.35. The molecule has 2 atom stereocenters. The van der Waals surface area contributed by atoms with Crippen LogP contribution in [0.5, 0.6) is 0 Å². The van der Waals surface area contributed by atoms with Crippen LogP contribution in [0.25, 0.3) is 0 Å². The van der Waals surface area contributed by atoms with E-state index >= 15 is 0 Å². The molecule has 3 N–H and O–H groups in total. The molecule has 0 aliphatic carbocycles. The van der Waals surface area contributed by atoms with Gasteiger partial charge in [0.25, 0.3) is 0 Å². The summed E-state index contributed by atoms with van der Waals surface area (Å²) in [4.78, 5) is 0. The highest BCUT2D eigenvalue weighted by Crippen LogP contribution is 2.24. The van der Waals surface area contributed by atoms with E-state index in [0.29, 0.717) is 23.8 Å². The van der Waals surface area contributed by atoms with Gasteiger partial charge in [-0.2, -0.15) is 0 Å². The van der Waals surface area contributed by atoms with Gasteiger partial charge in [-0.1, -0.05) is 47.5 Å². The summed E-state index contributed by atoms with van der Waals surface area (Å²) in [7, 11) is 0. The Morgan fingerprint density at radius 3 is 1.77 bits per heavy atom. The summed E-state index contributed by atoms with van der Waals surface area (Å²) in [5.41, 5.74) is 2.99. The van der Waals surface area contributed by atoms with Crippen molar-refractivity contribution in [3.8, 4) is 0 Å². The second-order valence-corrected chi connectivity index (χ2v) is 4.37. The first-order chi connectivity index (χ1) is 6.08. The number of nitrogens with two attached hydrogens (primary N) is 1. The molecule has 0 bridgehead atoms. The van der Waals surface area contributed by atoms with Gasteiger partial charge in [-0.15, -0.1) is 0 Å². The fraction of sp³-hybridized carbons (Fsp3) is 1.00.